The molecule has 0 bridgehead atoms. The molecule has 0 amide bonds. The van der Waals surface area contributed by atoms with E-state index < -0.39 is 9.84 Å². The van der Waals surface area contributed by atoms with Crippen molar-refractivity contribution in [1.29, 1.82) is 0 Å². The van der Waals surface area contributed by atoms with Gasteiger partial charge in [0.2, 0.25) is 0 Å². The van der Waals surface area contributed by atoms with Crippen molar-refractivity contribution in [1.82, 2.24) is 0 Å². The minimum atomic E-state index is -3.41. The zero-order chi connectivity index (χ0) is 35.4. The van der Waals surface area contributed by atoms with Crippen molar-refractivity contribution < 1.29 is 693 Å². The molecule has 2 aliphatic rings. The summed E-state index contributed by atoms with van der Waals surface area (Å²) in [4.78, 5) is 2.10. The van der Waals surface area contributed by atoms with Gasteiger partial charge in [-0.2, -0.15) is 0 Å². The van der Waals surface area contributed by atoms with Gasteiger partial charge in [0.15, 0.2) is 0 Å². The molecular formula is C28H22O2Ra16S. The van der Waals surface area contributed by atoms with Gasteiger partial charge < -0.3 is 0 Å². The summed E-state index contributed by atoms with van der Waals surface area (Å²) in [6.07, 6.45) is 0. The first-order valence-corrected chi connectivity index (χ1v) is 84.5. The SMILES string of the molecule is Cc1[c]([RaH])[c]([RaH])c2c([c]1[RaH])[C]([RaH])([RaH])c1[c]([RaH])c(S(=O)(=O)c3[c]([RaH])[c]([RaH])c4c([c]3[RaH])[C]([RaH])([RaH])c3[c]([RaH])c(C)[c]([RaH])[c]([RaH])c3-4)[c]([RaH])[c]([RaH])c1-2. The van der Waals surface area contributed by atoms with Gasteiger partial charge in [0.1, 0.15) is 0 Å². The molecule has 0 unspecified atom stereocenters. The Morgan fingerprint density at radius 2 is 0.596 bits per heavy atom. The summed E-state index contributed by atoms with van der Waals surface area (Å²) >= 11 is 3.57. The van der Waals surface area contributed by atoms with Crippen LogP contribution in [-0.4, -0.2) is 8.42 Å². The maximum atomic E-state index is 15.8. The zero-order valence-corrected chi connectivity index (χ0v) is 165. The van der Waals surface area contributed by atoms with E-state index in [4.69, 9.17) is 0 Å². The van der Waals surface area contributed by atoms with Crippen LogP contribution < -0.4 is 7.25 Å². The Kier molecular flexibility index (Phi) is 28.0. The van der Waals surface area contributed by atoms with Crippen LogP contribution in [0.15, 0.2) is 9.79 Å². The fourth-order valence-corrected chi connectivity index (χ4v) is 194. The predicted molar refractivity (Wildman–Crippen MR) is 138 cm³/mol. The Hall–Kier alpha value is 20.3. The second-order valence-electron chi connectivity index (χ2n) is 16.2. The number of hydrogen-bond acceptors (Lipinski definition) is 2. The fourth-order valence-electron chi connectivity index (χ4n) is 10.4. The van der Waals surface area contributed by atoms with Crippen LogP contribution in [0.1, 0.15) is 33.4 Å². The molecule has 0 atom stereocenters. The number of rotatable bonds is 2. The second-order valence-corrected chi connectivity index (χ2v) is 168. The molecular weight excluding hydrogens is 4020 g/mol. The van der Waals surface area contributed by atoms with Crippen LogP contribution in [0.3, 0.4) is 0 Å². The van der Waals surface area contributed by atoms with E-state index in [1.165, 1.54) is 2.42 Å². The first-order chi connectivity index (χ1) is 21.5. The number of hydrogen-bond donors (Lipinski definition) is 0. The van der Waals surface area contributed by atoms with Gasteiger partial charge in [0, 0.05) is 0 Å². The standard InChI is InChI=1S/C28H6O2S.16Ra.16H/c1-17-3-7-25-19(11-17)13-21-15-23(5-9-27(21)25)31(29,30)24-6-10-28-22(16-24)14-20-12-18(2)4-8-26(20)28;;;;;;;;;;;;;;;;;;;;;;;;;;;;;;;;/h1-2H3;;;;;;;;;;;;;;;;;;;;;;;;;;;;;;;;. The molecule has 2 nitrogen and oxygen atoms in total. The zero-order valence-electron chi connectivity index (χ0n) is 32.2. The Labute approximate surface area is 747 Å². The van der Waals surface area contributed by atoms with Crippen molar-refractivity contribution >= 4 is 17.1 Å². The van der Waals surface area contributed by atoms with Gasteiger partial charge >= 0.3 is 780 Å². The summed E-state index contributed by atoms with van der Waals surface area (Å²) in [6, 6.07) is 0. The van der Waals surface area contributed by atoms with Crippen LogP contribution in [0, 0.1) is 699 Å². The molecule has 6 rings (SSSR count). The first kappa shape index (κ1) is 56.6. The van der Waals surface area contributed by atoms with Crippen molar-refractivity contribution in [2.45, 2.75) is 14.6 Å². The van der Waals surface area contributed by atoms with Crippen molar-refractivity contribution in [2.75, 3.05) is 0 Å². The molecule has 0 fully saturated rings. The van der Waals surface area contributed by atoms with Crippen molar-refractivity contribution in [3.63, 3.8) is 0 Å². The average molecular weight is 4040 g/mol. The summed E-state index contributed by atoms with van der Waals surface area (Å²) in [6.45, 7) is 5.02. The van der Waals surface area contributed by atoms with Gasteiger partial charge in [-0.3, -0.25) is 0 Å². The van der Waals surface area contributed by atoms with Gasteiger partial charge in [-0.15, -0.1) is 0 Å². The number of sulfone groups is 1. The molecule has 0 saturated carbocycles. The van der Waals surface area contributed by atoms with Crippen LogP contribution in [-0.2, 0) is 0.831 Å². The molecule has 0 heterocycles. The van der Waals surface area contributed by atoms with E-state index in [1.807, 2.05) is 25.9 Å². The molecule has 2 aliphatic carbocycles. The van der Waals surface area contributed by atoms with E-state index in [0.717, 1.165) is 9.79 Å². The molecule has 0 aliphatic heterocycles. The second kappa shape index (κ2) is 23.2. The van der Waals surface area contributed by atoms with Crippen LogP contribution >= 0.6 is 0 Å². The van der Waals surface area contributed by atoms with E-state index in [9.17, 15) is 0 Å². The predicted octanol–water partition coefficient (Wildman–Crippen LogP) is -8.49. The molecule has 184 valence electrons. The molecule has 47 heavy (non-hydrogen) atoms. The molecule has 0 N–H and O–H groups in total. The van der Waals surface area contributed by atoms with E-state index in [-0.39, 0.29) is 257 Å². The van der Waals surface area contributed by atoms with E-state index in [1.54, 1.807) is 34.6 Å². The van der Waals surface area contributed by atoms with Crippen molar-refractivity contribution in [2.24, 2.45) is 0 Å². The van der Waals surface area contributed by atoms with Gasteiger partial charge in [0.05, 0.1) is 0 Å². The average Bonchev–Trinajstić information content (AvgIpc) is 3.38. The molecule has 4 aromatic carbocycles. The summed E-state index contributed by atoms with van der Waals surface area (Å²) in [5, 5.41) is 0. The summed E-state index contributed by atoms with van der Waals surface area (Å²) < 4.78 is 53.3. The quantitative estimate of drug-likeness (QED) is 0.200. The summed E-state index contributed by atoms with van der Waals surface area (Å²) in [5.74, 6) is 0. The number of benzene rings is 4. The van der Waals surface area contributed by atoms with Gasteiger partial charge in [0.25, 0.3) is 0 Å². The van der Waals surface area contributed by atoms with E-state index >= 15 is 8.42 Å². The van der Waals surface area contributed by atoms with Gasteiger partial charge in [-0.05, 0) is 0 Å². The third-order valence-corrected chi connectivity index (χ3v) is 167. The Balaban J connectivity index is 1.72. The number of fused-ring (bicyclic) bond motifs is 6. The summed E-state index contributed by atoms with van der Waals surface area (Å²) in [7, 11) is -3.41. The topological polar surface area (TPSA) is 34.1 Å². The van der Waals surface area contributed by atoms with Crippen LogP contribution in [0.4, 0.5) is 0 Å². The van der Waals surface area contributed by atoms with E-state index in [2.05, 4.69) is 13.8 Å². The first-order valence-electron chi connectivity index (χ1n) is 17.2. The molecule has 4 aromatic rings. The third kappa shape index (κ3) is 10.7. The van der Waals surface area contributed by atoms with Crippen LogP contribution in [0.25, 0.3) is 22.3 Å². The normalized spacial score (nSPS) is 14.9. The summed E-state index contributed by atoms with van der Waals surface area (Å²) in [5.41, 5.74) is 18.1. The Morgan fingerprint density at radius 1 is 0.362 bits per heavy atom. The van der Waals surface area contributed by atoms with Gasteiger partial charge in [-0.1, -0.05) is 0 Å². The molecule has 0 aromatic heterocycles. The third-order valence-electron chi connectivity index (χ3n) is 13.4. The fraction of sp³-hybridized carbons (Fsp3) is 0.143. The maximum absolute atomic E-state index is 15.8. The Bertz CT molecular complexity index is 2160. The van der Waals surface area contributed by atoms with Crippen molar-refractivity contribution in [3.05, 3.63) is 33.4 Å². The van der Waals surface area contributed by atoms with E-state index in [0.29, 0.717) is 419 Å². The molecule has 0 radical (unpaired) electrons. The van der Waals surface area contributed by atoms with Gasteiger partial charge in [-0.25, -0.2) is 0 Å². The molecule has 0 saturated heterocycles. The van der Waals surface area contributed by atoms with Crippen LogP contribution in [0.2, 0.25) is 0 Å². The van der Waals surface area contributed by atoms with Crippen molar-refractivity contribution in [3.8, 4) is 22.3 Å². The monoisotopic (exact) mass is 4040 g/mol. The minimum absolute atomic E-state index is 0.00699. The molecule has 19 heteroatoms. The Morgan fingerprint density at radius 3 is 0.872 bits per heavy atom. The van der Waals surface area contributed by atoms with Crippen LogP contribution in [0.5, 0.6) is 0 Å². The molecule has 0 spiro atoms.